The van der Waals surface area contributed by atoms with Gasteiger partial charge in [-0.1, -0.05) is 25.1 Å². The number of aromatic nitrogens is 3. The molecule has 4 heteroatoms. The number of phenols is 1. The fraction of sp³-hybridized carbons (Fsp3) is 0.111. The van der Waals surface area contributed by atoms with Crippen LogP contribution in [0.25, 0.3) is 27.9 Å². The Kier molecular flexibility index (Phi) is 2.82. The minimum absolute atomic E-state index is 0.196. The molecule has 0 aliphatic rings. The summed E-state index contributed by atoms with van der Waals surface area (Å²) in [6, 6.07) is 13.5. The fourth-order valence-electron chi connectivity index (χ4n) is 2.71. The maximum Gasteiger partial charge on any atom is 0.141 e. The number of rotatable bonds is 2. The first-order valence-electron chi connectivity index (χ1n) is 7.31. The summed E-state index contributed by atoms with van der Waals surface area (Å²) < 4.78 is 2.02. The molecule has 3 aromatic heterocycles. The van der Waals surface area contributed by atoms with Crippen LogP contribution in [-0.4, -0.2) is 19.5 Å². The number of phenolic OH excluding ortho intramolecular Hbond substituents is 1. The second-order valence-corrected chi connectivity index (χ2v) is 5.31. The fourth-order valence-corrected chi connectivity index (χ4v) is 2.71. The lowest BCUT2D eigenvalue weighted by atomic mass is 10.1. The van der Waals surface area contributed by atoms with E-state index < -0.39 is 0 Å². The van der Waals surface area contributed by atoms with Crippen LogP contribution in [0.2, 0.25) is 0 Å². The van der Waals surface area contributed by atoms with Gasteiger partial charge in [0, 0.05) is 11.6 Å². The van der Waals surface area contributed by atoms with E-state index in [0.717, 1.165) is 28.8 Å². The summed E-state index contributed by atoms with van der Waals surface area (Å²) in [4.78, 5) is 9.07. The number of para-hydroxylation sites is 1. The number of hydrogen-bond donors (Lipinski definition) is 1. The average Bonchev–Trinajstić information content (AvgIpc) is 2.98. The zero-order valence-corrected chi connectivity index (χ0v) is 12.2. The van der Waals surface area contributed by atoms with E-state index in [1.165, 1.54) is 5.56 Å². The van der Waals surface area contributed by atoms with Gasteiger partial charge >= 0.3 is 0 Å². The summed E-state index contributed by atoms with van der Waals surface area (Å²) in [5.41, 5.74) is 4.50. The van der Waals surface area contributed by atoms with Gasteiger partial charge in [-0.25, -0.2) is 9.97 Å². The summed E-state index contributed by atoms with van der Waals surface area (Å²) in [5, 5.41) is 10.9. The van der Waals surface area contributed by atoms with Crippen molar-refractivity contribution in [3.63, 3.8) is 0 Å². The lowest BCUT2D eigenvalue weighted by molar-refractivity contribution is 0.480. The van der Waals surface area contributed by atoms with Gasteiger partial charge in [0.05, 0.1) is 17.6 Å². The van der Waals surface area contributed by atoms with Crippen LogP contribution < -0.4 is 0 Å². The summed E-state index contributed by atoms with van der Waals surface area (Å²) in [5.74, 6) is 0.196. The third-order valence-corrected chi connectivity index (χ3v) is 3.95. The zero-order chi connectivity index (χ0) is 15.1. The highest BCUT2D eigenvalue weighted by Crippen LogP contribution is 2.27. The number of imidazole rings is 1. The Balaban J connectivity index is 1.93. The normalized spacial score (nSPS) is 11.3. The second-order valence-electron chi connectivity index (χ2n) is 5.31. The first-order valence-corrected chi connectivity index (χ1v) is 7.31. The molecular formula is C18H15N3O. The molecule has 0 fully saturated rings. The van der Waals surface area contributed by atoms with Gasteiger partial charge in [0.25, 0.3) is 0 Å². The Bertz CT molecular complexity index is 988. The molecule has 1 aromatic carbocycles. The highest BCUT2D eigenvalue weighted by molar-refractivity contribution is 5.86. The highest BCUT2D eigenvalue weighted by Gasteiger charge is 2.09. The van der Waals surface area contributed by atoms with Gasteiger partial charge in [-0.15, -0.1) is 0 Å². The standard InChI is InChI=1S/C18H15N3O/c1-2-12-8-9-21-15(11-19-17(21)10-12)14-7-6-13-4-3-5-16(22)18(13)20-14/h3-11,22H,2H2,1H3. The SMILES string of the molecule is CCc1ccn2c(-c3ccc4cccc(O)c4n3)cnc2c1. The van der Waals surface area contributed by atoms with Crippen molar-refractivity contribution in [3.8, 4) is 17.1 Å². The predicted molar refractivity (Wildman–Crippen MR) is 87.0 cm³/mol. The van der Waals surface area contributed by atoms with Crippen molar-refractivity contribution in [2.75, 3.05) is 0 Å². The summed E-state index contributed by atoms with van der Waals surface area (Å²) in [6.45, 7) is 2.13. The van der Waals surface area contributed by atoms with Crippen molar-refractivity contribution in [2.45, 2.75) is 13.3 Å². The first kappa shape index (κ1) is 12.8. The monoisotopic (exact) mass is 289 g/mol. The molecule has 0 aliphatic heterocycles. The summed E-state index contributed by atoms with van der Waals surface area (Å²) >= 11 is 0. The molecule has 3 heterocycles. The van der Waals surface area contributed by atoms with Crippen molar-refractivity contribution in [1.29, 1.82) is 0 Å². The number of nitrogens with zero attached hydrogens (tertiary/aromatic N) is 3. The molecule has 0 radical (unpaired) electrons. The van der Waals surface area contributed by atoms with Crippen LogP contribution >= 0.6 is 0 Å². The van der Waals surface area contributed by atoms with Crippen molar-refractivity contribution < 1.29 is 5.11 Å². The molecule has 0 saturated carbocycles. The molecule has 108 valence electrons. The van der Waals surface area contributed by atoms with Crippen molar-refractivity contribution in [3.05, 3.63) is 60.4 Å². The molecule has 0 atom stereocenters. The molecule has 1 N–H and O–H groups in total. The molecule has 0 unspecified atom stereocenters. The van der Waals surface area contributed by atoms with Crippen LogP contribution in [0, 0.1) is 0 Å². The van der Waals surface area contributed by atoms with Gasteiger partial charge < -0.3 is 5.11 Å². The molecule has 0 aliphatic carbocycles. The van der Waals surface area contributed by atoms with Crippen molar-refractivity contribution >= 4 is 16.6 Å². The maximum absolute atomic E-state index is 9.99. The first-order chi connectivity index (χ1) is 10.8. The Morgan fingerprint density at radius 2 is 2.05 bits per heavy atom. The molecule has 0 saturated heterocycles. The van der Waals surface area contributed by atoms with E-state index in [2.05, 4.69) is 29.0 Å². The van der Waals surface area contributed by atoms with Crippen LogP contribution in [0.4, 0.5) is 0 Å². The largest absolute Gasteiger partial charge is 0.506 e. The van der Waals surface area contributed by atoms with E-state index in [-0.39, 0.29) is 5.75 Å². The third-order valence-electron chi connectivity index (χ3n) is 3.95. The molecule has 22 heavy (non-hydrogen) atoms. The molecular weight excluding hydrogens is 274 g/mol. The topological polar surface area (TPSA) is 50.4 Å². The molecule has 4 rings (SSSR count). The lowest BCUT2D eigenvalue weighted by Crippen LogP contribution is -1.92. The zero-order valence-electron chi connectivity index (χ0n) is 12.2. The van der Waals surface area contributed by atoms with Crippen LogP contribution in [0.5, 0.6) is 5.75 Å². The Morgan fingerprint density at radius 3 is 2.91 bits per heavy atom. The van der Waals surface area contributed by atoms with Gasteiger partial charge in [-0.05, 0) is 36.2 Å². The minimum Gasteiger partial charge on any atom is -0.506 e. The van der Waals surface area contributed by atoms with E-state index in [9.17, 15) is 5.11 Å². The Morgan fingerprint density at radius 1 is 1.14 bits per heavy atom. The molecule has 4 aromatic rings. The number of aromatic hydroxyl groups is 1. The molecule has 0 amide bonds. The maximum atomic E-state index is 9.99. The highest BCUT2D eigenvalue weighted by atomic mass is 16.3. The average molecular weight is 289 g/mol. The van der Waals surface area contributed by atoms with Crippen LogP contribution in [0.15, 0.2) is 54.9 Å². The van der Waals surface area contributed by atoms with Crippen LogP contribution in [-0.2, 0) is 6.42 Å². The molecule has 0 bridgehead atoms. The van der Waals surface area contributed by atoms with E-state index in [0.29, 0.717) is 5.52 Å². The number of aryl methyl sites for hydroxylation is 1. The van der Waals surface area contributed by atoms with Crippen LogP contribution in [0.3, 0.4) is 0 Å². The summed E-state index contributed by atoms with van der Waals surface area (Å²) in [7, 11) is 0. The third kappa shape index (κ3) is 1.92. The van der Waals surface area contributed by atoms with E-state index in [4.69, 9.17) is 0 Å². The number of pyridine rings is 2. The predicted octanol–water partition coefficient (Wildman–Crippen LogP) is 3.82. The molecule has 4 nitrogen and oxygen atoms in total. The van der Waals surface area contributed by atoms with E-state index >= 15 is 0 Å². The van der Waals surface area contributed by atoms with Gasteiger partial charge in [-0.2, -0.15) is 0 Å². The number of fused-ring (bicyclic) bond motifs is 2. The van der Waals surface area contributed by atoms with Gasteiger partial charge in [-0.3, -0.25) is 4.40 Å². The quantitative estimate of drug-likeness (QED) is 0.610. The Hall–Kier alpha value is -2.88. The number of benzene rings is 1. The summed E-state index contributed by atoms with van der Waals surface area (Å²) in [6.07, 6.45) is 4.83. The van der Waals surface area contributed by atoms with Crippen LogP contribution in [0.1, 0.15) is 12.5 Å². The van der Waals surface area contributed by atoms with E-state index in [1.807, 2.05) is 41.1 Å². The van der Waals surface area contributed by atoms with Crippen molar-refractivity contribution in [2.24, 2.45) is 0 Å². The second kappa shape index (κ2) is 4.84. The Labute approximate surface area is 127 Å². The number of hydrogen-bond acceptors (Lipinski definition) is 3. The minimum atomic E-state index is 0.196. The smallest absolute Gasteiger partial charge is 0.141 e. The van der Waals surface area contributed by atoms with Gasteiger partial charge in [0.15, 0.2) is 0 Å². The lowest BCUT2D eigenvalue weighted by Gasteiger charge is -2.05. The van der Waals surface area contributed by atoms with Gasteiger partial charge in [0.2, 0.25) is 0 Å². The molecule has 0 spiro atoms. The van der Waals surface area contributed by atoms with Gasteiger partial charge in [0.1, 0.15) is 16.9 Å². The van der Waals surface area contributed by atoms with Crippen molar-refractivity contribution in [1.82, 2.24) is 14.4 Å². The van der Waals surface area contributed by atoms with E-state index in [1.54, 1.807) is 6.07 Å².